The van der Waals surface area contributed by atoms with Crippen LogP contribution in [0.5, 0.6) is 5.75 Å². The standard InChI is InChI=1S/C20H18N2O2/c1-14-4-3-5-15(10-14)16-11-17(13-21-12-16)20(23)22-18-6-8-19(24-2)9-7-18/h3-13H,1-2H3,(H,22,23). The van der Waals surface area contributed by atoms with Crippen LogP contribution in [0.3, 0.4) is 0 Å². The van der Waals surface area contributed by atoms with Gasteiger partial charge in [-0.25, -0.2) is 0 Å². The highest BCUT2D eigenvalue weighted by molar-refractivity contribution is 6.04. The third-order valence-electron chi connectivity index (χ3n) is 3.70. The quantitative estimate of drug-likeness (QED) is 0.779. The molecular weight excluding hydrogens is 300 g/mol. The molecule has 1 heterocycles. The molecule has 0 spiro atoms. The average molecular weight is 318 g/mol. The Balaban J connectivity index is 1.81. The van der Waals surface area contributed by atoms with Gasteiger partial charge in [-0.3, -0.25) is 9.78 Å². The molecule has 0 unspecified atom stereocenters. The van der Waals surface area contributed by atoms with Crippen molar-refractivity contribution in [1.29, 1.82) is 0 Å². The van der Waals surface area contributed by atoms with Gasteiger partial charge in [-0.15, -0.1) is 0 Å². The lowest BCUT2D eigenvalue weighted by Crippen LogP contribution is -2.12. The van der Waals surface area contributed by atoms with Crippen LogP contribution in [-0.4, -0.2) is 18.0 Å². The summed E-state index contributed by atoms with van der Waals surface area (Å²) >= 11 is 0. The Labute approximate surface area is 141 Å². The van der Waals surface area contributed by atoms with E-state index in [1.54, 1.807) is 43.8 Å². The summed E-state index contributed by atoms with van der Waals surface area (Å²) in [6.07, 6.45) is 3.33. The SMILES string of the molecule is COc1ccc(NC(=O)c2cncc(-c3cccc(C)c3)c2)cc1. The van der Waals surface area contributed by atoms with Crippen LogP contribution < -0.4 is 10.1 Å². The minimum atomic E-state index is -0.192. The van der Waals surface area contributed by atoms with E-state index < -0.39 is 0 Å². The molecule has 0 saturated heterocycles. The maximum atomic E-state index is 12.4. The third-order valence-corrected chi connectivity index (χ3v) is 3.70. The number of anilines is 1. The first-order valence-corrected chi connectivity index (χ1v) is 7.63. The van der Waals surface area contributed by atoms with Crippen LogP contribution in [0.25, 0.3) is 11.1 Å². The van der Waals surface area contributed by atoms with Crippen LogP contribution in [0.4, 0.5) is 5.69 Å². The van der Waals surface area contributed by atoms with Crippen molar-refractivity contribution in [3.05, 3.63) is 78.1 Å². The monoisotopic (exact) mass is 318 g/mol. The van der Waals surface area contributed by atoms with Crippen molar-refractivity contribution in [2.24, 2.45) is 0 Å². The molecule has 0 fully saturated rings. The van der Waals surface area contributed by atoms with Crippen molar-refractivity contribution < 1.29 is 9.53 Å². The summed E-state index contributed by atoms with van der Waals surface area (Å²) in [6.45, 7) is 2.04. The smallest absolute Gasteiger partial charge is 0.257 e. The number of benzene rings is 2. The van der Waals surface area contributed by atoms with E-state index in [4.69, 9.17) is 4.74 Å². The topological polar surface area (TPSA) is 51.2 Å². The third kappa shape index (κ3) is 3.60. The molecule has 0 saturated carbocycles. The molecule has 0 radical (unpaired) electrons. The van der Waals surface area contributed by atoms with Gasteiger partial charge in [0.25, 0.3) is 5.91 Å². The number of pyridine rings is 1. The van der Waals surface area contributed by atoms with Crippen LogP contribution in [0, 0.1) is 6.92 Å². The lowest BCUT2D eigenvalue weighted by atomic mass is 10.0. The Morgan fingerprint density at radius 3 is 2.50 bits per heavy atom. The summed E-state index contributed by atoms with van der Waals surface area (Å²) in [4.78, 5) is 16.6. The number of carbonyl (C=O) groups excluding carboxylic acids is 1. The fourth-order valence-corrected chi connectivity index (χ4v) is 2.42. The molecular formula is C20H18N2O2. The van der Waals surface area contributed by atoms with Crippen LogP contribution in [0.2, 0.25) is 0 Å². The Kier molecular flexibility index (Phi) is 4.57. The number of hydrogen-bond donors (Lipinski definition) is 1. The number of aromatic nitrogens is 1. The van der Waals surface area contributed by atoms with E-state index >= 15 is 0 Å². The summed E-state index contributed by atoms with van der Waals surface area (Å²) in [6, 6.07) is 17.2. The molecule has 0 aliphatic carbocycles. The second-order valence-corrected chi connectivity index (χ2v) is 5.51. The van der Waals surface area contributed by atoms with Gasteiger partial charge in [0, 0.05) is 23.6 Å². The molecule has 0 aliphatic heterocycles. The Hall–Kier alpha value is -3.14. The molecule has 1 amide bonds. The predicted octanol–water partition coefficient (Wildman–Crippen LogP) is 4.32. The molecule has 0 atom stereocenters. The van der Waals surface area contributed by atoms with E-state index in [2.05, 4.69) is 16.4 Å². The van der Waals surface area contributed by atoms with Crippen molar-refractivity contribution in [1.82, 2.24) is 4.98 Å². The largest absolute Gasteiger partial charge is 0.497 e. The first-order valence-electron chi connectivity index (χ1n) is 7.63. The van der Waals surface area contributed by atoms with E-state index in [0.717, 1.165) is 16.9 Å². The van der Waals surface area contributed by atoms with Gasteiger partial charge in [0.05, 0.1) is 12.7 Å². The zero-order chi connectivity index (χ0) is 16.9. The molecule has 0 bridgehead atoms. The Morgan fingerprint density at radius 1 is 1.00 bits per heavy atom. The maximum Gasteiger partial charge on any atom is 0.257 e. The average Bonchev–Trinajstić information content (AvgIpc) is 2.62. The zero-order valence-electron chi connectivity index (χ0n) is 13.6. The Morgan fingerprint density at radius 2 is 1.79 bits per heavy atom. The highest BCUT2D eigenvalue weighted by atomic mass is 16.5. The van der Waals surface area contributed by atoms with E-state index in [0.29, 0.717) is 11.3 Å². The van der Waals surface area contributed by atoms with Crippen molar-refractivity contribution in [3.8, 4) is 16.9 Å². The van der Waals surface area contributed by atoms with Gasteiger partial charge < -0.3 is 10.1 Å². The molecule has 1 aromatic heterocycles. The first-order chi connectivity index (χ1) is 11.7. The Bertz CT molecular complexity index is 858. The van der Waals surface area contributed by atoms with E-state index in [-0.39, 0.29) is 5.91 Å². The van der Waals surface area contributed by atoms with E-state index in [1.807, 2.05) is 31.2 Å². The molecule has 24 heavy (non-hydrogen) atoms. The number of amides is 1. The number of nitrogens with one attached hydrogen (secondary N) is 1. The highest BCUT2D eigenvalue weighted by Gasteiger charge is 2.09. The summed E-state index contributed by atoms with van der Waals surface area (Å²) in [5.74, 6) is 0.554. The first kappa shape index (κ1) is 15.7. The number of aryl methyl sites for hydroxylation is 1. The summed E-state index contributed by atoms with van der Waals surface area (Å²) in [5.41, 5.74) is 4.36. The number of rotatable bonds is 4. The minimum absolute atomic E-state index is 0.192. The summed E-state index contributed by atoms with van der Waals surface area (Å²) < 4.78 is 5.11. The fraction of sp³-hybridized carbons (Fsp3) is 0.100. The van der Waals surface area contributed by atoms with E-state index in [1.165, 1.54) is 5.56 Å². The molecule has 3 aromatic rings. The van der Waals surface area contributed by atoms with Gasteiger partial charge in [0.1, 0.15) is 5.75 Å². The van der Waals surface area contributed by atoms with Crippen molar-refractivity contribution in [3.63, 3.8) is 0 Å². The fourth-order valence-electron chi connectivity index (χ4n) is 2.42. The maximum absolute atomic E-state index is 12.4. The van der Waals surface area contributed by atoms with Gasteiger partial charge in [-0.1, -0.05) is 29.8 Å². The van der Waals surface area contributed by atoms with Crippen molar-refractivity contribution >= 4 is 11.6 Å². The van der Waals surface area contributed by atoms with Gasteiger partial charge in [-0.05, 0) is 42.8 Å². The summed E-state index contributed by atoms with van der Waals surface area (Å²) in [7, 11) is 1.61. The molecule has 0 aliphatic rings. The van der Waals surface area contributed by atoms with Crippen molar-refractivity contribution in [2.45, 2.75) is 6.92 Å². The van der Waals surface area contributed by atoms with E-state index in [9.17, 15) is 4.79 Å². The number of nitrogens with zero attached hydrogens (tertiary/aromatic N) is 1. The molecule has 2 aromatic carbocycles. The molecule has 1 N–H and O–H groups in total. The van der Waals surface area contributed by atoms with Gasteiger partial charge in [-0.2, -0.15) is 0 Å². The van der Waals surface area contributed by atoms with Crippen LogP contribution >= 0.6 is 0 Å². The van der Waals surface area contributed by atoms with Crippen molar-refractivity contribution in [2.75, 3.05) is 12.4 Å². The number of hydrogen-bond acceptors (Lipinski definition) is 3. The highest BCUT2D eigenvalue weighted by Crippen LogP contribution is 2.21. The second-order valence-electron chi connectivity index (χ2n) is 5.51. The molecule has 4 nitrogen and oxygen atoms in total. The lowest BCUT2D eigenvalue weighted by Gasteiger charge is -2.08. The number of ether oxygens (including phenoxy) is 1. The predicted molar refractivity (Wildman–Crippen MR) is 95.4 cm³/mol. The van der Waals surface area contributed by atoms with Gasteiger partial charge in [0.2, 0.25) is 0 Å². The van der Waals surface area contributed by atoms with Crippen LogP contribution in [-0.2, 0) is 0 Å². The molecule has 120 valence electrons. The van der Waals surface area contributed by atoms with Crippen LogP contribution in [0.1, 0.15) is 15.9 Å². The zero-order valence-corrected chi connectivity index (χ0v) is 13.6. The number of carbonyl (C=O) groups is 1. The van der Waals surface area contributed by atoms with Gasteiger partial charge in [0.15, 0.2) is 0 Å². The molecule has 4 heteroatoms. The lowest BCUT2D eigenvalue weighted by molar-refractivity contribution is 0.102. The second kappa shape index (κ2) is 6.96. The van der Waals surface area contributed by atoms with Crippen LogP contribution in [0.15, 0.2) is 67.0 Å². The minimum Gasteiger partial charge on any atom is -0.497 e. The summed E-state index contributed by atoms with van der Waals surface area (Å²) in [5, 5.41) is 2.87. The molecule has 3 rings (SSSR count). The normalized spacial score (nSPS) is 10.2. The van der Waals surface area contributed by atoms with Gasteiger partial charge >= 0.3 is 0 Å². The number of methoxy groups -OCH3 is 1.